The van der Waals surface area contributed by atoms with Gasteiger partial charge >= 0.3 is 0 Å². The van der Waals surface area contributed by atoms with Crippen molar-refractivity contribution in [3.63, 3.8) is 0 Å². The zero-order valence-electron chi connectivity index (χ0n) is 17.5. The lowest BCUT2D eigenvalue weighted by molar-refractivity contribution is -0.660. The molecule has 1 heteroatoms. The highest BCUT2D eigenvalue weighted by atomic mass is 14.9. The minimum atomic E-state index is 0.607. The molecule has 0 aliphatic carbocycles. The van der Waals surface area contributed by atoms with Crippen molar-refractivity contribution in [2.75, 3.05) is 0 Å². The molecule has 0 bridgehead atoms. The molecule has 1 heterocycles. The molecule has 0 radical (unpaired) electrons. The summed E-state index contributed by atoms with van der Waals surface area (Å²) in [6.45, 7) is 11.5. The van der Waals surface area contributed by atoms with Crippen LogP contribution in [0.3, 0.4) is 0 Å². The normalized spacial score (nSPS) is 11.6. The molecule has 2 aromatic carbocycles. The third-order valence-corrected chi connectivity index (χ3v) is 5.64. The van der Waals surface area contributed by atoms with Gasteiger partial charge in [0.1, 0.15) is 7.05 Å². The molecule has 0 fully saturated rings. The van der Waals surface area contributed by atoms with Crippen LogP contribution < -0.4 is 4.57 Å². The van der Waals surface area contributed by atoms with Crippen LogP contribution in [0.4, 0.5) is 0 Å². The number of hydrogen-bond donors (Lipinski definition) is 0. The number of aromatic nitrogens is 1. The lowest BCUT2D eigenvalue weighted by Crippen LogP contribution is -2.30. The summed E-state index contributed by atoms with van der Waals surface area (Å²) < 4.78 is 2.20. The topological polar surface area (TPSA) is 3.88 Å². The van der Waals surface area contributed by atoms with E-state index in [9.17, 15) is 0 Å². The maximum absolute atomic E-state index is 2.32. The van der Waals surface area contributed by atoms with E-state index in [0.717, 1.165) is 0 Å². The summed E-state index contributed by atoms with van der Waals surface area (Å²) in [6, 6.07) is 22.3. The van der Waals surface area contributed by atoms with Gasteiger partial charge in [0.05, 0.1) is 0 Å². The highest BCUT2D eigenvalue weighted by molar-refractivity contribution is 5.70. The highest BCUT2D eigenvalue weighted by Crippen LogP contribution is 2.33. The van der Waals surface area contributed by atoms with Gasteiger partial charge in [-0.3, -0.25) is 0 Å². The summed E-state index contributed by atoms with van der Waals surface area (Å²) in [5, 5.41) is 0. The van der Waals surface area contributed by atoms with Crippen LogP contribution in [-0.2, 0) is 7.05 Å². The van der Waals surface area contributed by atoms with Gasteiger partial charge in [-0.25, -0.2) is 4.57 Å². The molecule has 3 rings (SSSR count). The van der Waals surface area contributed by atoms with Crippen LogP contribution in [0.2, 0.25) is 0 Å². The van der Waals surface area contributed by atoms with Gasteiger partial charge in [-0.05, 0) is 53.0 Å². The molecule has 140 valence electrons. The first-order valence-electron chi connectivity index (χ1n) is 10.0. The molecule has 0 aliphatic heterocycles. The van der Waals surface area contributed by atoms with Crippen molar-refractivity contribution in [2.45, 2.75) is 40.5 Å². The molecule has 0 unspecified atom stereocenters. The molecule has 0 aliphatic rings. The fourth-order valence-electron chi connectivity index (χ4n) is 4.31. The van der Waals surface area contributed by atoms with Gasteiger partial charge in [0, 0.05) is 17.7 Å². The zero-order valence-corrected chi connectivity index (χ0v) is 17.5. The third-order valence-electron chi connectivity index (χ3n) is 5.64. The third kappa shape index (κ3) is 4.13. The molecular formula is C26H32N+. The smallest absolute Gasteiger partial charge is 0.201 e. The van der Waals surface area contributed by atoms with Gasteiger partial charge in [-0.2, -0.15) is 0 Å². The summed E-state index contributed by atoms with van der Waals surface area (Å²) in [5.74, 6) is 1.91. The Morgan fingerprint density at radius 3 is 1.96 bits per heavy atom. The molecule has 1 aromatic heterocycles. The Labute approximate surface area is 164 Å². The molecule has 0 N–H and O–H groups in total. The summed E-state index contributed by atoms with van der Waals surface area (Å²) in [7, 11) is 2.12. The molecule has 0 saturated carbocycles. The fourth-order valence-corrected chi connectivity index (χ4v) is 4.31. The van der Waals surface area contributed by atoms with Crippen molar-refractivity contribution in [1.82, 2.24) is 0 Å². The maximum atomic E-state index is 2.32. The first-order valence-corrected chi connectivity index (χ1v) is 10.0. The lowest BCUT2D eigenvalue weighted by atomic mass is 9.80. The molecule has 0 saturated heterocycles. The summed E-state index contributed by atoms with van der Waals surface area (Å²) >= 11 is 0. The molecule has 1 nitrogen and oxygen atoms in total. The number of nitrogens with zero attached hydrogens (tertiary/aromatic N) is 1. The van der Waals surface area contributed by atoms with E-state index in [1.807, 2.05) is 0 Å². The Balaban J connectivity index is 1.98. The Morgan fingerprint density at radius 2 is 1.37 bits per heavy atom. The molecule has 3 aromatic rings. The number of benzene rings is 2. The Kier molecular flexibility index (Phi) is 5.79. The van der Waals surface area contributed by atoms with Gasteiger partial charge < -0.3 is 0 Å². The van der Waals surface area contributed by atoms with Crippen LogP contribution in [0.25, 0.3) is 22.4 Å². The number of aryl methyl sites for hydroxylation is 2. The van der Waals surface area contributed by atoms with E-state index in [1.165, 1.54) is 33.5 Å². The van der Waals surface area contributed by atoms with Gasteiger partial charge in [0.2, 0.25) is 5.69 Å². The van der Waals surface area contributed by atoms with Crippen LogP contribution in [0, 0.1) is 18.8 Å². The second-order valence-electron chi connectivity index (χ2n) is 8.36. The molecular weight excluding hydrogens is 326 g/mol. The summed E-state index contributed by atoms with van der Waals surface area (Å²) in [5.41, 5.74) is 7.83. The maximum Gasteiger partial charge on any atom is 0.213 e. The molecule has 0 spiro atoms. The van der Waals surface area contributed by atoms with E-state index in [4.69, 9.17) is 0 Å². The molecule has 27 heavy (non-hydrogen) atoms. The monoisotopic (exact) mass is 358 g/mol. The number of rotatable bonds is 5. The second kappa shape index (κ2) is 8.08. The summed E-state index contributed by atoms with van der Waals surface area (Å²) in [4.78, 5) is 0. The van der Waals surface area contributed by atoms with E-state index in [2.05, 4.69) is 113 Å². The van der Waals surface area contributed by atoms with Crippen molar-refractivity contribution < 1.29 is 4.57 Å². The van der Waals surface area contributed by atoms with Gasteiger partial charge in [-0.15, -0.1) is 0 Å². The van der Waals surface area contributed by atoms with Gasteiger partial charge in [0.25, 0.3) is 0 Å². The largest absolute Gasteiger partial charge is 0.213 e. The average molecular weight is 359 g/mol. The second-order valence-corrected chi connectivity index (χ2v) is 8.36. The predicted octanol–water partition coefficient (Wildman–Crippen LogP) is 6.55. The zero-order chi connectivity index (χ0) is 19.6. The highest BCUT2D eigenvalue weighted by Gasteiger charge is 2.20. The van der Waals surface area contributed by atoms with Crippen molar-refractivity contribution in [2.24, 2.45) is 18.9 Å². The van der Waals surface area contributed by atoms with E-state index in [-0.39, 0.29) is 0 Å². The van der Waals surface area contributed by atoms with Crippen molar-refractivity contribution >= 4 is 0 Å². The fraction of sp³-hybridized carbons (Fsp3) is 0.346. The first-order chi connectivity index (χ1) is 12.9. The Morgan fingerprint density at radius 1 is 0.741 bits per heavy atom. The van der Waals surface area contributed by atoms with Crippen LogP contribution >= 0.6 is 0 Å². The Hall–Kier alpha value is -2.41. The van der Waals surface area contributed by atoms with Crippen LogP contribution in [0.5, 0.6) is 0 Å². The van der Waals surface area contributed by atoms with Crippen LogP contribution in [0.1, 0.15) is 44.7 Å². The standard InChI is InChI=1S/C26H32N/c1-18(2)26(19(3)4)22-13-11-21(12-14-22)23-15-16-27(6)25(17-23)24-10-8-7-9-20(24)5/h7-19,26H,1-6H3/q+1. The Bertz CT molecular complexity index is 896. The number of hydrogen-bond acceptors (Lipinski definition) is 0. The van der Waals surface area contributed by atoms with Crippen molar-refractivity contribution in [3.8, 4) is 22.4 Å². The van der Waals surface area contributed by atoms with Gasteiger partial charge in [0.15, 0.2) is 6.20 Å². The lowest BCUT2D eigenvalue weighted by Gasteiger charge is -2.25. The minimum Gasteiger partial charge on any atom is -0.201 e. The van der Waals surface area contributed by atoms with Crippen molar-refractivity contribution in [1.29, 1.82) is 0 Å². The van der Waals surface area contributed by atoms with Crippen LogP contribution in [0.15, 0.2) is 66.9 Å². The number of pyridine rings is 1. The first kappa shape index (κ1) is 19.4. The van der Waals surface area contributed by atoms with Crippen molar-refractivity contribution in [3.05, 3.63) is 78.0 Å². The molecule has 0 atom stereocenters. The minimum absolute atomic E-state index is 0.607. The summed E-state index contributed by atoms with van der Waals surface area (Å²) in [6.07, 6.45) is 2.16. The van der Waals surface area contributed by atoms with E-state index in [1.54, 1.807) is 0 Å². The molecule has 0 amide bonds. The predicted molar refractivity (Wildman–Crippen MR) is 116 cm³/mol. The SMILES string of the molecule is Cc1ccccc1-c1cc(-c2ccc(C(C(C)C)C(C)C)cc2)cc[n+]1C. The quantitative estimate of drug-likeness (QED) is 0.455. The van der Waals surface area contributed by atoms with E-state index < -0.39 is 0 Å². The van der Waals surface area contributed by atoms with Gasteiger partial charge in [-0.1, -0.05) is 70.2 Å². The van der Waals surface area contributed by atoms with E-state index in [0.29, 0.717) is 17.8 Å². The average Bonchev–Trinajstić information content (AvgIpc) is 2.63. The van der Waals surface area contributed by atoms with E-state index >= 15 is 0 Å². The van der Waals surface area contributed by atoms with Crippen LogP contribution in [-0.4, -0.2) is 0 Å².